The Balaban J connectivity index is 2.68. The standard InChI is InChI=1S/C12H17F2NO4/c1-11(2,3)19-10(18)15-6-4-8(5-7-15)12(13,14)9(16)17/h4H,5-7H2,1-3H3,(H,16,17). The van der Waals surface area contributed by atoms with Crippen molar-refractivity contribution < 1.29 is 28.2 Å². The average molecular weight is 277 g/mol. The molecule has 0 atom stereocenters. The zero-order chi connectivity index (χ0) is 14.8. The van der Waals surface area contributed by atoms with Gasteiger partial charge in [-0.2, -0.15) is 8.78 Å². The van der Waals surface area contributed by atoms with Gasteiger partial charge in [-0.1, -0.05) is 6.08 Å². The molecule has 5 nitrogen and oxygen atoms in total. The van der Waals surface area contributed by atoms with Crippen molar-refractivity contribution in [2.75, 3.05) is 13.1 Å². The third kappa shape index (κ3) is 3.90. The van der Waals surface area contributed by atoms with Crippen LogP contribution >= 0.6 is 0 Å². The smallest absolute Gasteiger partial charge is 0.410 e. The van der Waals surface area contributed by atoms with Gasteiger partial charge in [0.15, 0.2) is 0 Å². The molecule has 19 heavy (non-hydrogen) atoms. The van der Waals surface area contributed by atoms with Crippen molar-refractivity contribution in [3.63, 3.8) is 0 Å². The SMILES string of the molecule is CC(C)(C)OC(=O)N1CC=C(C(F)(F)C(=O)O)CC1. The number of hydrogen-bond acceptors (Lipinski definition) is 3. The van der Waals surface area contributed by atoms with Gasteiger partial charge in [0.25, 0.3) is 0 Å². The van der Waals surface area contributed by atoms with Crippen LogP contribution < -0.4 is 0 Å². The van der Waals surface area contributed by atoms with Gasteiger partial charge in [-0.05, 0) is 27.2 Å². The van der Waals surface area contributed by atoms with Gasteiger partial charge in [0.1, 0.15) is 5.60 Å². The molecule has 1 rings (SSSR count). The van der Waals surface area contributed by atoms with E-state index >= 15 is 0 Å². The lowest BCUT2D eigenvalue weighted by molar-refractivity contribution is -0.159. The van der Waals surface area contributed by atoms with E-state index in [-0.39, 0.29) is 19.5 Å². The third-order valence-corrected chi connectivity index (χ3v) is 2.53. The topological polar surface area (TPSA) is 66.8 Å². The van der Waals surface area contributed by atoms with Crippen molar-refractivity contribution in [2.45, 2.75) is 38.7 Å². The number of rotatable bonds is 2. The molecule has 0 radical (unpaired) electrons. The average Bonchev–Trinajstić information content (AvgIpc) is 2.26. The molecule has 0 unspecified atom stereocenters. The van der Waals surface area contributed by atoms with E-state index < -0.39 is 29.2 Å². The van der Waals surface area contributed by atoms with Crippen LogP contribution in [0, 0.1) is 0 Å². The number of carbonyl (C=O) groups is 2. The van der Waals surface area contributed by atoms with Crippen LogP contribution in [0.1, 0.15) is 27.2 Å². The highest BCUT2D eigenvalue weighted by molar-refractivity contribution is 5.79. The van der Waals surface area contributed by atoms with Crippen LogP contribution in [-0.4, -0.2) is 46.7 Å². The number of nitrogens with zero attached hydrogens (tertiary/aromatic N) is 1. The molecule has 0 bridgehead atoms. The quantitative estimate of drug-likeness (QED) is 0.786. The summed E-state index contributed by atoms with van der Waals surface area (Å²) in [5.41, 5.74) is -1.13. The first-order valence-corrected chi connectivity index (χ1v) is 5.82. The van der Waals surface area contributed by atoms with Crippen LogP contribution in [0.15, 0.2) is 11.6 Å². The molecule has 0 spiro atoms. The lowest BCUT2D eigenvalue weighted by Crippen LogP contribution is -2.42. The highest BCUT2D eigenvalue weighted by Crippen LogP contribution is 2.29. The normalized spacial score (nSPS) is 16.9. The molecule has 0 saturated carbocycles. The van der Waals surface area contributed by atoms with Crippen molar-refractivity contribution in [1.82, 2.24) is 4.90 Å². The Morgan fingerprint density at radius 3 is 2.32 bits per heavy atom. The van der Waals surface area contributed by atoms with Gasteiger partial charge in [0, 0.05) is 18.7 Å². The summed E-state index contributed by atoms with van der Waals surface area (Å²) >= 11 is 0. The van der Waals surface area contributed by atoms with Crippen LogP contribution in [0.4, 0.5) is 13.6 Å². The zero-order valence-electron chi connectivity index (χ0n) is 11.1. The minimum atomic E-state index is -3.87. The monoisotopic (exact) mass is 277 g/mol. The van der Waals surface area contributed by atoms with Crippen molar-refractivity contribution in [1.29, 1.82) is 0 Å². The maximum Gasteiger partial charge on any atom is 0.410 e. The molecule has 0 aromatic heterocycles. The van der Waals surface area contributed by atoms with Crippen molar-refractivity contribution in [3.8, 4) is 0 Å². The fourth-order valence-corrected chi connectivity index (χ4v) is 1.58. The molecular formula is C12H17F2NO4. The largest absolute Gasteiger partial charge is 0.477 e. The second-order valence-electron chi connectivity index (χ2n) is 5.29. The van der Waals surface area contributed by atoms with Gasteiger partial charge in [-0.3, -0.25) is 0 Å². The van der Waals surface area contributed by atoms with E-state index in [1.165, 1.54) is 4.90 Å². The summed E-state index contributed by atoms with van der Waals surface area (Å²) in [6.07, 6.45) is 0.293. The molecular weight excluding hydrogens is 260 g/mol. The lowest BCUT2D eigenvalue weighted by atomic mass is 10.0. The van der Waals surface area contributed by atoms with Gasteiger partial charge in [0.05, 0.1) is 0 Å². The molecule has 0 fully saturated rings. The predicted octanol–water partition coefficient (Wildman–Crippen LogP) is 2.27. The van der Waals surface area contributed by atoms with E-state index in [2.05, 4.69) is 0 Å². The molecule has 7 heteroatoms. The van der Waals surface area contributed by atoms with Crippen LogP contribution in [0.3, 0.4) is 0 Å². The van der Waals surface area contributed by atoms with E-state index in [0.717, 1.165) is 6.08 Å². The van der Waals surface area contributed by atoms with E-state index in [0.29, 0.717) is 0 Å². The van der Waals surface area contributed by atoms with Crippen molar-refractivity contribution in [3.05, 3.63) is 11.6 Å². The molecule has 1 aliphatic heterocycles. The number of carboxylic acid groups (broad SMARTS) is 1. The number of alkyl halides is 2. The Morgan fingerprint density at radius 2 is 1.95 bits per heavy atom. The maximum atomic E-state index is 13.2. The fourth-order valence-electron chi connectivity index (χ4n) is 1.58. The molecule has 1 aliphatic rings. The summed E-state index contributed by atoms with van der Waals surface area (Å²) in [5.74, 6) is -6.05. The first kappa shape index (κ1) is 15.4. The van der Waals surface area contributed by atoms with Crippen LogP contribution in [0.5, 0.6) is 0 Å². The Morgan fingerprint density at radius 1 is 1.37 bits per heavy atom. The maximum absolute atomic E-state index is 13.2. The predicted molar refractivity (Wildman–Crippen MR) is 63.1 cm³/mol. The Hall–Kier alpha value is -1.66. The van der Waals surface area contributed by atoms with Gasteiger partial charge >= 0.3 is 18.0 Å². The zero-order valence-corrected chi connectivity index (χ0v) is 11.1. The van der Waals surface area contributed by atoms with Crippen molar-refractivity contribution in [2.24, 2.45) is 0 Å². The van der Waals surface area contributed by atoms with Gasteiger partial charge < -0.3 is 14.7 Å². The Labute approximate surface area is 109 Å². The summed E-state index contributed by atoms with van der Waals surface area (Å²) in [7, 11) is 0. The summed E-state index contributed by atoms with van der Waals surface area (Å²) < 4.78 is 31.6. The first-order chi connectivity index (χ1) is 8.54. The molecule has 1 N–H and O–H groups in total. The van der Waals surface area contributed by atoms with Gasteiger partial charge in [-0.15, -0.1) is 0 Å². The van der Waals surface area contributed by atoms with E-state index in [1.807, 2.05) is 0 Å². The van der Waals surface area contributed by atoms with Crippen molar-refractivity contribution >= 4 is 12.1 Å². The van der Waals surface area contributed by atoms with E-state index in [1.54, 1.807) is 20.8 Å². The molecule has 0 aromatic rings. The van der Waals surface area contributed by atoms with Gasteiger partial charge in [0.2, 0.25) is 0 Å². The molecule has 108 valence electrons. The molecule has 0 saturated heterocycles. The fraction of sp³-hybridized carbons (Fsp3) is 0.667. The minimum absolute atomic E-state index is 0.0175. The third-order valence-electron chi connectivity index (χ3n) is 2.53. The Kier molecular flexibility index (Phi) is 4.17. The van der Waals surface area contributed by atoms with E-state index in [9.17, 15) is 18.4 Å². The number of aliphatic carboxylic acids is 1. The summed E-state index contributed by atoms with van der Waals surface area (Å²) in [6, 6.07) is 0. The Bertz CT molecular complexity index is 412. The number of carboxylic acids is 1. The minimum Gasteiger partial charge on any atom is -0.477 e. The number of hydrogen-bond donors (Lipinski definition) is 1. The van der Waals surface area contributed by atoms with Crippen LogP contribution in [0.2, 0.25) is 0 Å². The second kappa shape index (κ2) is 5.14. The summed E-state index contributed by atoms with van der Waals surface area (Å²) in [5, 5.41) is 8.43. The first-order valence-electron chi connectivity index (χ1n) is 5.82. The lowest BCUT2D eigenvalue weighted by Gasteiger charge is -2.30. The van der Waals surface area contributed by atoms with Crippen LogP contribution in [0.25, 0.3) is 0 Å². The molecule has 1 amide bonds. The summed E-state index contributed by atoms with van der Waals surface area (Å²) in [4.78, 5) is 23.4. The molecule has 0 aromatic carbocycles. The number of amides is 1. The molecule has 1 heterocycles. The van der Waals surface area contributed by atoms with Gasteiger partial charge in [-0.25, -0.2) is 9.59 Å². The van der Waals surface area contributed by atoms with Crippen LogP contribution in [-0.2, 0) is 9.53 Å². The second-order valence-corrected chi connectivity index (χ2v) is 5.29. The highest BCUT2D eigenvalue weighted by Gasteiger charge is 2.44. The summed E-state index contributed by atoms with van der Waals surface area (Å²) in [6.45, 7) is 5.05. The number of halogens is 2. The number of ether oxygens (including phenoxy) is 1. The van der Waals surface area contributed by atoms with E-state index in [4.69, 9.17) is 9.84 Å². The number of carbonyl (C=O) groups excluding carboxylic acids is 1. The highest BCUT2D eigenvalue weighted by atomic mass is 19.3. The molecule has 0 aliphatic carbocycles.